The molecule has 4 bridgehead atoms. The molecule has 0 aromatic carbocycles. The smallest absolute Gasteiger partial charge is 0.340 e. The van der Waals surface area contributed by atoms with E-state index in [9.17, 15) is 53.4 Å². The average molecular weight is 915 g/mol. The molecule has 22 nitrogen and oxygen atoms in total. The molecule has 2 saturated carbocycles. The van der Waals surface area contributed by atoms with Crippen molar-refractivity contribution in [1.82, 2.24) is 9.55 Å². The fourth-order valence-corrected chi connectivity index (χ4v) is 9.87. The first-order valence-corrected chi connectivity index (χ1v) is 20.4. The number of nitrogens with zero attached hydrogens (tertiary/aromatic N) is 2. The van der Waals surface area contributed by atoms with Gasteiger partial charge in [-0.1, -0.05) is 0 Å². The maximum absolute atomic E-state index is 14.5. The van der Waals surface area contributed by atoms with Gasteiger partial charge < -0.3 is 57.4 Å². The van der Waals surface area contributed by atoms with Crippen LogP contribution in [0.15, 0.2) is 41.5 Å². The third kappa shape index (κ3) is 8.22. The fraction of sp³-hybridized carbons (Fsp3) is 0.581. The van der Waals surface area contributed by atoms with Gasteiger partial charge in [-0.25, -0.2) is 14.4 Å². The van der Waals surface area contributed by atoms with Crippen molar-refractivity contribution < 1.29 is 91.2 Å². The van der Waals surface area contributed by atoms with E-state index in [1.165, 1.54) is 32.3 Å². The summed E-state index contributed by atoms with van der Waals surface area (Å²) in [5.41, 5.74) is -14.3. The Morgan fingerprint density at radius 1 is 0.800 bits per heavy atom. The summed E-state index contributed by atoms with van der Waals surface area (Å²) in [7, 11) is 1.32. The summed E-state index contributed by atoms with van der Waals surface area (Å²) in [5.74, 6) is -10.9. The SMILES string of the molecule is CC(=O)OC[C@]12[C@H](OC(C)=O)[C@H](OC(C)=O)[C@@H]3[C@@H](OC(C)=O)[C@@]14O[C@@]3(C)COC(=O)c1cccnc1CCC(C)(O)C(=O)O[C@@H]([C@H](OC(=O)c1ccc(=O)n(C)c1)[C@@H]2OC(C)=O)[C@]4(C)O. The number of carbonyl (C=O) groups is 8. The van der Waals surface area contributed by atoms with Crippen molar-refractivity contribution >= 4 is 47.8 Å². The number of ether oxygens (including phenoxy) is 9. The van der Waals surface area contributed by atoms with Crippen molar-refractivity contribution in [3.05, 3.63) is 63.8 Å². The monoisotopic (exact) mass is 914 g/mol. The first kappa shape index (κ1) is 48.2. The van der Waals surface area contributed by atoms with Gasteiger partial charge in [-0.15, -0.1) is 0 Å². The molecule has 4 aliphatic rings. The van der Waals surface area contributed by atoms with E-state index in [2.05, 4.69) is 4.98 Å². The lowest BCUT2D eigenvalue weighted by molar-refractivity contribution is -0.386. The Morgan fingerprint density at radius 2 is 1.40 bits per heavy atom. The number of aromatic nitrogens is 2. The first-order valence-electron chi connectivity index (χ1n) is 20.4. The summed E-state index contributed by atoms with van der Waals surface area (Å²) >= 11 is 0. The number of hydrogen-bond donors (Lipinski definition) is 2. The molecule has 2 aliphatic carbocycles. The van der Waals surface area contributed by atoms with Crippen LogP contribution in [-0.4, -0.2) is 140 Å². The van der Waals surface area contributed by atoms with E-state index in [0.717, 1.165) is 71.4 Å². The van der Waals surface area contributed by atoms with Crippen molar-refractivity contribution in [1.29, 1.82) is 0 Å². The highest BCUT2D eigenvalue weighted by Crippen LogP contribution is 2.70. The van der Waals surface area contributed by atoms with Gasteiger partial charge in [0, 0.05) is 60.1 Å². The molecule has 2 N–H and O–H groups in total. The maximum Gasteiger partial charge on any atom is 0.340 e. The van der Waals surface area contributed by atoms with Crippen molar-refractivity contribution in [3.8, 4) is 0 Å². The zero-order valence-electron chi connectivity index (χ0n) is 37.0. The Kier molecular flexibility index (Phi) is 12.8. The van der Waals surface area contributed by atoms with Gasteiger partial charge in [-0.05, 0) is 51.8 Å². The van der Waals surface area contributed by atoms with Gasteiger partial charge in [-0.3, -0.25) is 33.8 Å². The van der Waals surface area contributed by atoms with Crippen molar-refractivity contribution in [2.45, 2.75) is 127 Å². The second-order valence-corrected chi connectivity index (χ2v) is 17.2. The first-order chi connectivity index (χ1) is 30.2. The van der Waals surface area contributed by atoms with Gasteiger partial charge in [0.1, 0.15) is 42.0 Å². The van der Waals surface area contributed by atoms with Gasteiger partial charge in [0.25, 0.3) is 0 Å². The Morgan fingerprint density at radius 3 is 1.98 bits per heavy atom. The van der Waals surface area contributed by atoms with E-state index >= 15 is 0 Å². The van der Waals surface area contributed by atoms with Gasteiger partial charge in [0.2, 0.25) is 5.56 Å². The number of cyclic esters (lactones) is 1. The van der Waals surface area contributed by atoms with E-state index in [-0.39, 0.29) is 23.2 Å². The minimum Gasteiger partial charge on any atom is -0.465 e. The Bertz CT molecular complexity index is 2370. The molecule has 0 radical (unpaired) electrons. The molecule has 352 valence electrons. The minimum atomic E-state index is -3.05. The molecule has 12 atom stereocenters. The molecule has 0 amide bonds. The van der Waals surface area contributed by atoms with Crippen LogP contribution in [0.25, 0.3) is 0 Å². The van der Waals surface area contributed by atoms with Crippen LogP contribution >= 0.6 is 0 Å². The van der Waals surface area contributed by atoms with Crippen LogP contribution in [-0.2, 0) is 84.9 Å². The zero-order valence-corrected chi connectivity index (χ0v) is 37.0. The van der Waals surface area contributed by atoms with Crippen LogP contribution < -0.4 is 5.56 Å². The fourth-order valence-electron chi connectivity index (χ4n) is 9.87. The van der Waals surface area contributed by atoms with Crippen LogP contribution in [0.3, 0.4) is 0 Å². The van der Waals surface area contributed by atoms with Gasteiger partial charge in [0.15, 0.2) is 35.6 Å². The lowest BCUT2D eigenvalue weighted by Gasteiger charge is -2.67. The normalized spacial score (nSPS) is 35.1. The van der Waals surface area contributed by atoms with Crippen LogP contribution in [0, 0.1) is 11.3 Å². The number of esters is 8. The van der Waals surface area contributed by atoms with E-state index in [1.54, 1.807) is 0 Å². The third-order valence-electron chi connectivity index (χ3n) is 12.5. The maximum atomic E-state index is 14.5. The predicted octanol–water partition coefficient (Wildman–Crippen LogP) is -0.0299. The van der Waals surface area contributed by atoms with E-state index in [1.807, 2.05) is 0 Å². The second kappa shape index (κ2) is 17.3. The minimum absolute atomic E-state index is 0.0610. The lowest BCUT2D eigenvalue weighted by Crippen LogP contribution is -2.89. The molecular weight excluding hydrogens is 864 g/mol. The Hall–Kier alpha value is -6.26. The number of carbonyl (C=O) groups excluding carboxylic acids is 8. The summed E-state index contributed by atoms with van der Waals surface area (Å²) in [4.78, 5) is 126. The highest BCUT2D eigenvalue weighted by atomic mass is 16.7. The number of rotatable bonds is 8. The molecule has 65 heavy (non-hydrogen) atoms. The topological polar surface area (TPSA) is 295 Å². The molecule has 22 heteroatoms. The molecule has 2 aromatic heterocycles. The van der Waals surface area contributed by atoms with Crippen LogP contribution in [0.4, 0.5) is 0 Å². The molecule has 6 rings (SSSR count). The van der Waals surface area contributed by atoms with Crippen molar-refractivity contribution in [2.24, 2.45) is 18.4 Å². The molecule has 2 aromatic rings. The Labute approximate surface area is 370 Å². The highest BCUT2D eigenvalue weighted by molar-refractivity contribution is 5.91. The molecule has 4 heterocycles. The number of pyridine rings is 2. The summed E-state index contributed by atoms with van der Waals surface area (Å²) < 4.78 is 55.8. The summed E-state index contributed by atoms with van der Waals surface area (Å²) in [6.45, 7) is 6.08. The number of aliphatic hydroxyl groups is 2. The second-order valence-electron chi connectivity index (χ2n) is 17.2. The predicted molar refractivity (Wildman–Crippen MR) is 212 cm³/mol. The molecule has 1 saturated heterocycles. The quantitative estimate of drug-likeness (QED) is 0.260. The number of fused-ring (bicyclic) bond motifs is 5. The standard InChI is InChI=1S/C43H50N2O20/c1-20(46)57-19-42-34(61-23(4)49)30(59-21(2)47)29-32(60-22(3)48)43(42)41(8,56)33(31(35(42)62-24(5)50)63-36(52)25-12-13-28(51)45(9)17-25)64-38(54)39(6,55)15-14-27-26(11-10-16-44-27)37(53)58-18-40(29,7)65-43/h10-13,16-17,29-35,55-56H,14-15,18-19H2,1-9H3/t29-,30-,31+,32-,33+,34-,35+,39?,40+,41+,42-,43+/m1/s1. The molecule has 3 fully saturated rings. The Balaban J connectivity index is 1.79. The zero-order chi connectivity index (χ0) is 48.2. The largest absolute Gasteiger partial charge is 0.465 e. The van der Waals surface area contributed by atoms with Crippen molar-refractivity contribution in [2.75, 3.05) is 13.2 Å². The van der Waals surface area contributed by atoms with E-state index in [4.69, 9.17) is 42.6 Å². The van der Waals surface area contributed by atoms with Crippen LogP contribution in [0.1, 0.15) is 88.2 Å². The molecule has 2 aliphatic heterocycles. The van der Waals surface area contributed by atoms with Crippen LogP contribution in [0.2, 0.25) is 0 Å². The van der Waals surface area contributed by atoms with Crippen molar-refractivity contribution in [3.63, 3.8) is 0 Å². The van der Waals surface area contributed by atoms with Gasteiger partial charge in [-0.2, -0.15) is 0 Å². The summed E-state index contributed by atoms with van der Waals surface area (Å²) in [5, 5.41) is 25.5. The highest BCUT2D eigenvalue weighted by Gasteiger charge is 2.92. The molecule has 1 unspecified atom stereocenters. The third-order valence-corrected chi connectivity index (χ3v) is 12.5. The number of aryl methyl sites for hydroxylation is 2. The van der Waals surface area contributed by atoms with Crippen LogP contribution in [0.5, 0.6) is 0 Å². The average Bonchev–Trinajstić information content (AvgIpc) is 3.42. The molecular formula is C43H50N2O20. The van der Waals surface area contributed by atoms with Gasteiger partial charge >= 0.3 is 47.8 Å². The van der Waals surface area contributed by atoms with E-state index in [0.29, 0.717) is 0 Å². The van der Waals surface area contributed by atoms with Gasteiger partial charge in [0.05, 0.1) is 22.7 Å². The number of hydrogen-bond acceptors (Lipinski definition) is 21. The lowest BCUT2D eigenvalue weighted by atomic mass is 9.45. The van der Waals surface area contributed by atoms with E-state index < -0.39 is 143 Å². The summed E-state index contributed by atoms with van der Waals surface area (Å²) in [6.07, 6.45) is -11.4. The molecule has 1 spiro atoms. The summed E-state index contributed by atoms with van der Waals surface area (Å²) in [6, 6.07) is 4.88.